The van der Waals surface area contributed by atoms with Crippen LogP contribution < -0.4 is 4.74 Å². The van der Waals surface area contributed by atoms with Crippen LogP contribution in [0.15, 0.2) is 51.6 Å². The summed E-state index contributed by atoms with van der Waals surface area (Å²) in [5, 5.41) is 1.02. The standard InChI is InChI=1S/C22H24BrNO4/c1-4-26-21(25)10-15-7-5-6-8-20(15)27-13-17-14-28-22-16(12-24(2)3)9-18(23)11-19(17)22/h5-9,11,14H,4,10,12-13H2,1-3H3. The first kappa shape index (κ1) is 20.4. The first-order valence-corrected chi connectivity index (χ1v) is 9.96. The van der Waals surface area contributed by atoms with Crippen LogP contribution in [0, 0.1) is 0 Å². The van der Waals surface area contributed by atoms with Crippen molar-refractivity contribution >= 4 is 32.9 Å². The third kappa shape index (κ3) is 4.94. The van der Waals surface area contributed by atoms with E-state index in [4.69, 9.17) is 13.9 Å². The number of furan rings is 1. The largest absolute Gasteiger partial charge is 0.488 e. The lowest BCUT2D eigenvalue weighted by atomic mass is 10.1. The molecule has 28 heavy (non-hydrogen) atoms. The van der Waals surface area contributed by atoms with E-state index in [0.29, 0.717) is 19.0 Å². The molecule has 0 radical (unpaired) electrons. The molecule has 0 spiro atoms. The number of hydrogen-bond acceptors (Lipinski definition) is 5. The van der Waals surface area contributed by atoms with Gasteiger partial charge in [-0.1, -0.05) is 34.1 Å². The summed E-state index contributed by atoms with van der Waals surface area (Å²) in [4.78, 5) is 13.9. The van der Waals surface area contributed by atoms with E-state index < -0.39 is 0 Å². The average Bonchev–Trinajstić information content (AvgIpc) is 3.03. The van der Waals surface area contributed by atoms with E-state index in [2.05, 4.69) is 26.9 Å². The molecule has 0 saturated carbocycles. The van der Waals surface area contributed by atoms with Gasteiger partial charge in [0.2, 0.25) is 0 Å². The maximum Gasteiger partial charge on any atom is 0.310 e. The van der Waals surface area contributed by atoms with Crippen molar-refractivity contribution in [3.8, 4) is 5.75 Å². The third-order valence-corrected chi connectivity index (χ3v) is 4.74. The second-order valence-electron chi connectivity index (χ2n) is 6.82. The minimum absolute atomic E-state index is 0.189. The van der Waals surface area contributed by atoms with Crippen molar-refractivity contribution in [2.75, 3.05) is 20.7 Å². The Morgan fingerprint density at radius 3 is 2.68 bits per heavy atom. The number of para-hydroxylation sites is 1. The van der Waals surface area contributed by atoms with Crippen LogP contribution in [-0.2, 0) is 29.1 Å². The number of carbonyl (C=O) groups is 1. The van der Waals surface area contributed by atoms with Gasteiger partial charge in [-0.05, 0) is 39.2 Å². The maximum absolute atomic E-state index is 11.8. The molecular formula is C22H24BrNO4. The Kier molecular flexibility index (Phi) is 6.75. The van der Waals surface area contributed by atoms with Crippen molar-refractivity contribution in [1.29, 1.82) is 0 Å². The van der Waals surface area contributed by atoms with Gasteiger partial charge in [-0.15, -0.1) is 0 Å². The Hall–Kier alpha value is -2.31. The molecule has 2 aromatic carbocycles. The van der Waals surface area contributed by atoms with Crippen LogP contribution in [0.5, 0.6) is 5.75 Å². The summed E-state index contributed by atoms with van der Waals surface area (Å²) in [5.41, 5.74) is 3.75. The van der Waals surface area contributed by atoms with Gasteiger partial charge in [-0.2, -0.15) is 0 Å². The predicted molar refractivity (Wildman–Crippen MR) is 112 cm³/mol. The van der Waals surface area contributed by atoms with Crippen molar-refractivity contribution in [2.24, 2.45) is 0 Å². The SMILES string of the molecule is CCOC(=O)Cc1ccccc1OCc1coc2c(CN(C)C)cc(Br)cc12. The Labute approximate surface area is 173 Å². The highest BCUT2D eigenvalue weighted by molar-refractivity contribution is 9.10. The minimum Gasteiger partial charge on any atom is -0.488 e. The summed E-state index contributed by atoms with van der Waals surface area (Å²) in [7, 11) is 4.06. The average molecular weight is 446 g/mol. The molecule has 0 N–H and O–H groups in total. The van der Waals surface area contributed by atoms with Crippen LogP contribution in [0.3, 0.4) is 0 Å². The van der Waals surface area contributed by atoms with Gasteiger partial charge >= 0.3 is 5.97 Å². The summed E-state index contributed by atoms with van der Waals surface area (Å²) in [6.45, 7) is 3.30. The molecule has 3 aromatic rings. The van der Waals surface area contributed by atoms with E-state index in [-0.39, 0.29) is 12.4 Å². The molecule has 148 valence electrons. The minimum atomic E-state index is -0.260. The van der Waals surface area contributed by atoms with Crippen molar-refractivity contribution in [3.05, 3.63) is 63.8 Å². The molecular weight excluding hydrogens is 422 g/mol. The van der Waals surface area contributed by atoms with Crippen molar-refractivity contribution < 1.29 is 18.7 Å². The van der Waals surface area contributed by atoms with Gasteiger partial charge in [0.25, 0.3) is 0 Å². The van der Waals surface area contributed by atoms with Gasteiger partial charge < -0.3 is 18.8 Å². The zero-order valence-corrected chi connectivity index (χ0v) is 17.9. The molecule has 0 saturated heterocycles. The lowest BCUT2D eigenvalue weighted by molar-refractivity contribution is -0.142. The van der Waals surface area contributed by atoms with E-state index in [1.54, 1.807) is 13.2 Å². The highest BCUT2D eigenvalue weighted by Gasteiger charge is 2.14. The van der Waals surface area contributed by atoms with Gasteiger partial charge in [0.15, 0.2) is 0 Å². The molecule has 1 heterocycles. The van der Waals surface area contributed by atoms with Gasteiger partial charge in [-0.3, -0.25) is 4.79 Å². The van der Waals surface area contributed by atoms with E-state index in [9.17, 15) is 4.79 Å². The Balaban J connectivity index is 1.81. The topological polar surface area (TPSA) is 51.9 Å². The molecule has 0 aliphatic carbocycles. The fraction of sp³-hybridized carbons (Fsp3) is 0.318. The van der Waals surface area contributed by atoms with Crippen molar-refractivity contribution in [2.45, 2.75) is 26.5 Å². The number of nitrogens with zero attached hydrogens (tertiary/aromatic N) is 1. The van der Waals surface area contributed by atoms with Crippen LogP contribution in [-0.4, -0.2) is 31.6 Å². The van der Waals surface area contributed by atoms with Gasteiger partial charge in [0, 0.05) is 33.1 Å². The van der Waals surface area contributed by atoms with E-state index >= 15 is 0 Å². The number of fused-ring (bicyclic) bond motifs is 1. The summed E-state index contributed by atoms with van der Waals surface area (Å²) in [5.74, 6) is 0.415. The zero-order chi connectivity index (χ0) is 20.1. The Morgan fingerprint density at radius 2 is 1.93 bits per heavy atom. The second kappa shape index (κ2) is 9.26. The Morgan fingerprint density at radius 1 is 1.14 bits per heavy atom. The number of rotatable bonds is 8. The molecule has 6 heteroatoms. The number of halogens is 1. The number of benzene rings is 2. The zero-order valence-electron chi connectivity index (χ0n) is 16.3. The first-order chi connectivity index (χ1) is 13.5. The monoisotopic (exact) mass is 445 g/mol. The van der Waals surface area contributed by atoms with Crippen LogP contribution in [0.1, 0.15) is 23.6 Å². The molecule has 0 aliphatic heterocycles. The molecule has 1 aromatic heterocycles. The van der Waals surface area contributed by atoms with E-state index in [1.807, 2.05) is 44.4 Å². The number of carbonyl (C=O) groups excluding carboxylic acids is 1. The molecule has 0 bridgehead atoms. The highest BCUT2D eigenvalue weighted by Crippen LogP contribution is 2.30. The van der Waals surface area contributed by atoms with Gasteiger partial charge in [0.05, 0.1) is 19.3 Å². The number of ether oxygens (including phenoxy) is 2. The first-order valence-electron chi connectivity index (χ1n) is 9.17. The fourth-order valence-electron chi connectivity index (χ4n) is 3.10. The fourth-order valence-corrected chi connectivity index (χ4v) is 3.61. The van der Waals surface area contributed by atoms with E-state index in [0.717, 1.165) is 38.7 Å². The molecule has 0 fully saturated rings. The lowest BCUT2D eigenvalue weighted by Crippen LogP contribution is -2.10. The smallest absolute Gasteiger partial charge is 0.310 e. The molecule has 3 rings (SSSR count). The normalized spacial score (nSPS) is 11.2. The molecule has 5 nitrogen and oxygen atoms in total. The van der Waals surface area contributed by atoms with Gasteiger partial charge in [0.1, 0.15) is 17.9 Å². The van der Waals surface area contributed by atoms with Crippen LogP contribution >= 0.6 is 15.9 Å². The molecule has 0 aliphatic rings. The van der Waals surface area contributed by atoms with Crippen molar-refractivity contribution in [3.63, 3.8) is 0 Å². The van der Waals surface area contributed by atoms with Crippen LogP contribution in [0.2, 0.25) is 0 Å². The number of esters is 1. The quantitative estimate of drug-likeness (QED) is 0.459. The van der Waals surface area contributed by atoms with Crippen LogP contribution in [0.4, 0.5) is 0 Å². The van der Waals surface area contributed by atoms with Crippen LogP contribution in [0.25, 0.3) is 11.0 Å². The molecule has 0 amide bonds. The summed E-state index contributed by atoms with van der Waals surface area (Å²) >= 11 is 3.59. The molecule has 0 atom stereocenters. The summed E-state index contributed by atoms with van der Waals surface area (Å²) < 4.78 is 17.9. The summed E-state index contributed by atoms with van der Waals surface area (Å²) in [6, 6.07) is 11.6. The maximum atomic E-state index is 11.8. The summed E-state index contributed by atoms with van der Waals surface area (Å²) in [6.07, 6.45) is 1.93. The number of hydrogen-bond donors (Lipinski definition) is 0. The van der Waals surface area contributed by atoms with Gasteiger partial charge in [-0.25, -0.2) is 0 Å². The third-order valence-electron chi connectivity index (χ3n) is 4.28. The lowest BCUT2D eigenvalue weighted by Gasteiger charge is -2.12. The van der Waals surface area contributed by atoms with Crippen molar-refractivity contribution in [1.82, 2.24) is 4.90 Å². The molecule has 0 unspecified atom stereocenters. The highest BCUT2D eigenvalue weighted by atomic mass is 79.9. The Bertz CT molecular complexity index is 964. The van der Waals surface area contributed by atoms with E-state index in [1.165, 1.54) is 0 Å². The second-order valence-corrected chi connectivity index (χ2v) is 7.73. The predicted octanol–water partition coefficient (Wildman–Crippen LogP) is 4.94.